The molecule has 0 saturated carbocycles. The van der Waals surface area contributed by atoms with Gasteiger partial charge in [0.2, 0.25) is 0 Å². The van der Waals surface area contributed by atoms with Crippen LogP contribution in [0.25, 0.3) is 0 Å². The minimum atomic E-state index is -0.257. The number of hydrogen-bond acceptors (Lipinski definition) is 3. The van der Waals surface area contributed by atoms with E-state index >= 15 is 0 Å². The molecule has 0 bridgehead atoms. The predicted molar refractivity (Wildman–Crippen MR) is 104 cm³/mol. The quantitative estimate of drug-likeness (QED) is 0.776. The first-order valence-electron chi connectivity index (χ1n) is 10.1. The molecule has 0 unspecified atom stereocenters. The summed E-state index contributed by atoms with van der Waals surface area (Å²) in [5.41, 5.74) is 9.16. The average molecular weight is 360 g/mol. The normalized spacial score (nSPS) is 19.7. The summed E-state index contributed by atoms with van der Waals surface area (Å²) in [5, 5.41) is 0. The highest BCUT2D eigenvalue weighted by Gasteiger charge is 2.33. The van der Waals surface area contributed by atoms with Gasteiger partial charge in [0, 0.05) is 11.5 Å². The number of aryl methyl sites for hydroxylation is 3. The number of carbonyl (C=O) groups is 2. The lowest BCUT2D eigenvalue weighted by Crippen LogP contribution is -2.14. The maximum Gasteiger partial charge on any atom is 0.338 e. The fraction of sp³-hybridized carbons (Fsp3) is 0.417. The Balaban J connectivity index is 1.44. The fourth-order valence-electron chi connectivity index (χ4n) is 5.28. The van der Waals surface area contributed by atoms with Crippen molar-refractivity contribution in [3.8, 4) is 0 Å². The lowest BCUT2D eigenvalue weighted by Gasteiger charge is -2.13. The number of esters is 1. The van der Waals surface area contributed by atoms with Crippen molar-refractivity contribution >= 4 is 11.8 Å². The van der Waals surface area contributed by atoms with Crippen LogP contribution in [0.3, 0.4) is 0 Å². The molecule has 5 rings (SSSR count). The van der Waals surface area contributed by atoms with Gasteiger partial charge in [-0.3, -0.25) is 4.79 Å². The summed E-state index contributed by atoms with van der Waals surface area (Å²) in [6, 6.07) is 8.61. The third-order valence-electron chi connectivity index (χ3n) is 6.58. The first kappa shape index (κ1) is 16.7. The highest BCUT2D eigenvalue weighted by atomic mass is 16.5. The van der Waals surface area contributed by atoms with Gasteiger partial charge in [0.15, 0.2) is 5.78 Å². The summed E-state index contributed by atoms with van der Waals surface area (Å²) in [4.78, 5) is 25.2. The summed E-state index contributed by atoms with van der Waals surface area (Å²) in [6.45, 7) is 0. The summed E-state index contributed by atoms with van der Waals surface area (Å²) < 4.78 is 5.00. The van der Waals surface area contributed by atoms with Crippen LogP contribution in [0.1, 0.15) is 66.9 Å². The van der Waals surface area contributed by atoms with E-state index < -0.39 is 0 Å². The van der Waals surface area contributed by atoms with Crippen molar-refractivity contribution in [2.75, 3.05) is 7.11 Å². The first-order chi connectivity index (χ1) is 13.1. The number of methoxy groups -OCH3 is 1. The summed E-state index contributed by atoms with van der Waals surface area (Å²) in [6.07, 6.45) is 8.03. The molecule has 0 saturated heterocycles. The molecule has 0 heterocycles. The molecule has 2 aromatic rings. The number of benzene rings is 2. The Kier molecular flexibility index (Phi) is 3.92. The zero-order valence-electron chi connectivity index (χ0n) is 15.8. The van der Waals surface area contributed by atoms with Crippen molar-refractivity contribution in [3.05, 3.63) is 68.8 Å². The van der Waals surface area contributed by atoms with Crippen LogP contribution in [-0.4, -0.2) is 18.9 Å². The van der Waals surface area contributed by atoms with Gasteiger partial charge in [-0.25, -0.2) is 4.79 Å². The van der Waals surface area contributed by atoms with Gasteiger partial charge in [-0.15, -0.1) is 0 Å². The van der Waals surface area contributed by atoms with Gasteiger partial charge in [-0.05, 0) is 96.9 Å². The molecule has 0 fully saturated rings. The van der Waals surface area contributed by atoms with Crippen LogP contribution in [0, 0.1) is 5.92 Å². The zero-order chi connectivity index (χ0) is 18.5. The number of hydrogen-bond donors (Lipinski definition) is 0. The third-order valence-corrected chi connectivity index (χ3v) is 6.58. The highest BCUT2D eigenvalue weighted by Crippen LogP contribution is 2.35. The van der Waals surface area contributed by atoms with Gasteiger partial charge in [-0.2, -0.15) is 0 Å². The number of ketones is 1. The largest absolute Gasteiger partial charge is 0.465 e. The molecule has 0 aliphatic heterocycles. The molecule has 3 nitrogen and oxygen atoms in total. The second-order valence-electron chi connectivity index (χ2n) is 8.23. The number of Topliss-reactive ketones (excluding diaryl/α,β-unsaturated/α-hetero) is 1. The first-order valence-corrected chi connectivity index (χ1v) is 10.1. The van der Waals surface area contributed by atoms with Gasteiger partial charge in [0.25, 0.3) is 0 Å². The molecule has 0 N–H and O–H groups in total. The molecule has 0 amide bonds. The molecule has 1 atom stereocenters. The molecule has 2 aromatic carbocycles. The van der Waals surface area contributed by atoms with Crippen molar-refractivity contribution < 1.29 is 14.3 Å². The van der Waals surface area contributed by atoms with Crippen LogP contribution < -0.4 is 0 Å². The van der Waals surface area contributed by atoms with Crippen molar-refractivity contribution in [2.24, 2.45) is 5.92 Å². The Hall–Kier alpha value is -2.42. The van der Waals surface area contributed by atoms with Gasteiger partial charge >= 0.3 is 5.97 Å². The molecular formula is C24H24O3. The SMILES string of the molecule is COC(=O)c1cc(C[C@@H]2Cc3cc4c(cc3C2=O)CCC4)cc2c1CCC2. The van der Waals surface area contributed by atoms with Crippen LogP contribution in [0.5, 0.6) is 0 Å². The maximum absolute atomic E-state index is 13.0. The lowest BCUT2D eigenvalue weighted by atomic mass is 9.91. The number of ether oxygens (including phenoxy) is 1. The second kappa shape index (κ2) is 6.33. The van der Waals surface area contributed by atoms with E-state index in [-0.39, 0.29) is 17.7 Å². The van der Waals surface area contributed by atoms with Gasteiger partial charge in [-0.1, -0.05) is 12.1 Å². The van der Waals surface area contributed by atoms with E-state index in [2.05, 4.69) is 18.2 Å². The lowest BCUT2D eigenvalue weighted by molar-refractivity contribution is 0.0599. The van der Waals surface area contributed by atoms with Crippen molar-refractivity contribution in [3.63, 3.8) is 0 Å². The highest BCUT2D eigenvalue weighted by molar-refractivity contribution is 6.02. The Morgan fingerprint density at radius 3 is 2.52 bits per heavy atom. The van der Waals surface area contributed by atoms with E-state index in [1.54, 1.807) is 0 Å². The topological polar surface area (TPSA) is 43.4 Å². The number of rotatable bonds is 3. The molecule has 3 aliphatic rings. The predicted octanol–water partition coefficient (Wildman–Crippen LogP) is 4.05. The Labute approximate surface area is 159 Å². The van der Waals surface area contributed by atoms with Crippen LogP contribution in [0.2, 0.25) is 0 Å². The molecule has 3 heteroatoms. The number of carbonyl (C=O) groups excluding carboxylic acids is 2. The van der Waals surface area contributed by atoms with Gasteiger partial charge in [0.05, 0.1) is 12.7 Å². The maximum atomic E-state index is 13.0. The monoisotopic (exact) mass is 360 g/mol. The van der Waals surface area contributed by atoms with E-state index in [4.69, 9.17) is 4.74 Å². The molecule has 27 heavy (non-hydrogen) atoms. The van der Waals surface area contributed by atoms with Crippen LogP contribution >= 0.6 is 0 Å². The van der Waals surface area contributed by atoms with Crippen LogP contribution in [0.4, 0.5) is 0 Å². The van der Waals surface area contributed by atoms with Crippen molar-refractivity contribution in [2.45, 2.75) is 51.4 Å². The zero-order valence-corrected chi connectivity index (χ0v) is 15.8. The van der Waals surface area contributed by atoms with E-state index in [0.29, 0.717) is 12.0 Å². The summed E-state index contributed by atoms with van der Waals surface area (Å²) >= 11 is 0. The fourth-order valence-corrected chi connectivity index (χ4v) is 5.28. The number of fused-ring (bicyclic) bond motifs is 3. The van der Waals surface area contributed by atoms with Gasteiger partial charge < -0.3 is 4.74 Å². The van der Waals surface area contributed by atoms with Gasteiger partial charge in [0.1, 0.15) is 0 Å². The van der Waals surface area contributed by atoms with Crippen LogP contribution in [-0.2, 0) is 43.3 Å². The van der Waals surface area contributed by atoms with E-state index in [0.717, 1.165) is 55.2 Å². The second-order valence-corrected chi connectivity index (χ2v) is 8.23. The summed E-state index contributed by atoms with van der Waals surface area (Å²) in [7, 11) is 1.44. The molecule has 3 aliphatic carbocycles. The average Bonchev–Trinajstić information content (AvgIpc) is 3.38. The molecular weight excluding hydrogens is 336 g/mol. The molecule has 0 radical (unpaired) electrons. The van der Waals surface area contributed by atoms with Crippen LogP contribution in [0.15, 0.2) is 24.3 Å². The summed E-state index contributed by atoms with van der Waals surface area (Å²) in [5.74, 6) is 0.0137. The van der Waals surface area contributed by atoms with E-state index in [1.165, 1.54) is 35.8 Å². The van der Waals surface area contributed by atoms with E-state index in [1.807, 2.05) is 6.07 Å². The molecule has 138 valence electrons. The Morgan fingerprint density at radius 2 is 1.70 bits per heavy atom. The third kappa shape index (κ3) is 2.72. The smallest absolute Gasteiger partial charge is 0.338 e. The van der Waals surface area contributed by atoms with Crippen molar-refractivity contribution in [1.82, 2.24) is 0 Å². The van der Waals surface area contributed by atoms with E-state index in [9.17, 15) is 9.59 Å². The minimum absolute atomic E-state index is 0.00697. The Morgan fingerprint density at radius 1 is 0.963 bits per heavy atom. The standard InChI is InChI=1S/C24H24O3/c1-27-24(26)22-10-14(8-17-6-3-7-20(17)22)9-19-12-18-11-15-4-2-5-16(15)13-21(18)23(19)25/h8,10-11,13,19H,2-7,9,12H2,1H3/t19-/m1/s1. The van der Waals surface area contributed by atoms with Crippen molar-refractivity contribution in [1.29, 1.82) is 0 Å². The Bertz CT molecular complexity index is 970. The molecule has 0 aromatic heterocycles. The molecule has 0 spiro atoms. The minimum Gasteiger partial charge on any atom is -0.465 e.